The van der Waals surface area contributed by atoms with Crippen molar-refractivity contribution in [1.82, 2.24) is 19.7 Å². The second-order valence-corrected chi connectivity index (χ2v) is 5.26. The average Bonchev–Trinajstić information content (AvgIpc) is 2.75. The lowest BCUT2D eigenvalue weighted by Crippen LogP contribution is -2.35. The highest BCUT2D eigenvalue weighted by atomic mass is 19.4. The van der Waals surface area contributed by atoms with E-state index in [1.165, 1.54) is 0 Å². The Morgan fingerprint density at radius 2 is 2.00 bits per heavy atom. The summed E-state index contributed by atoms with van der Waals surface area (Å²) in [6, 6.07) is 0. The summed E-state index contributed by atoms with van der Waals surface area (Å²) in [4.78, 5) is 24.5. The number of aromatic nitrogens is 2. The van der Waals surface area contributed by atoms with Crippen molar-refractivity contribution in [2.45, 2.75) is 25.7 Å². The van der Waals surface area contributed by atoms with Crippen molar-refractivity contribution < 1.29 is 27.9 Å². The van der Waals surface area contributed by atoms with Crippen molar-refractivity contribution >= 4 is 17.7 Å². The molecule has 3 heterocycles. The second kappa shape index (κ2) is 4.96. The number of rotatable bonds is 0. The Morgan fingerprint density at radius 1 is 1.30 bits per heavy atom. The summed E-state index contributed by atoms with van der Waals surface area (Å²) in [5.41, 5.74) is -0.393. The van der Waals surface area contributed by atoms with E-state index in [-0.39, 0.29) is 25.2 Å². The monoisotopic (exact) mass is 331 g/mol. The quantitative estimate of drug-likeness (QED) is 0.765. The number of hydrogen-bond acceptors (Lipinski definition) is 4. The van der Waals surface area contributed by atoms with Crippen LogP contribution in [0.25, 0.3) is 0 Å². The van der Waals surface area contributed by atoms with Gasteiger partial charge in [0.15, 0.2) is 5.71 Å². The SMILES string of the molecule is CN1N=C(C(F)(F)F)Cn2nc3c(c2C1=O)CN(C(=O)O)CC3. The van der Waals surface area contributed by atoms with E-state index in [0.717, 1.165) is 16.6 Å². The molecule has 1 aromatic rings. The van der Waals surface area contributed by atoms with Crippen LogP contribution in [-0.4, -0.2) is 62.3 Å². The van der Waals surface area contributed by atoms with Gasteiger partial charge in [0.05, 0.1) is 18.8 Å². The highest BCUT2D eigenvalue weighted by Crippen LogP contribution is 2.27. The molecule has 0 spiro atoms. The van der Waals surface area contributed by atoms with Crippen molar-refractivity contribution in [2.75, 3.05) is 13.6 Å². The molecule has 0 bridgehead atoms. The van der Waals surface area contributed by atoms with E-state index in [9.17, 15) is 22.8 Å². The predicted octanol–water partition coefficient (Wildman–Crippen LogP) is 0.923. The number of carboxylic acid groups (broad SMARTS) is 1. The van der Waals surface area contributed by atoms with Gasteiger partial charge in [0, 0.05) is 25.6 Å². The lowest BCUT2D eigenvalue weighted by molar-refractivity contribution is -0.0619. The van der Waals surface area contributed by atoms with Gasteiger partial charge >= 0.3 is 12.3 Å². The maximum absolute atomic E-state index is 13.0. The summed E-state index contributed by atoms with van der Waals surface area (Å²) in [5, 5.41) is 17.0. The number of amides is 2. The molecule has 3 rings (SSSR count). The van der Waals surface area contributed by atoms with Gasteiger partial charge in [-0.25, -0.2) is 9.80 Å². The third-order valence-electron chi connectivity index (χ3n) is 3.77. The van der Waals surface area contributed by atoms with Crippen LogP contribution in [0.2, 0.25) is 0 Å². The first-order valence-corrected chi connectivity index (χ1v) is 6.67. The average molecular weight is 331 g/mol. The van der Waals surface area contributed by atoms with Gasteiger partial charge in [-0.05, 0) is 0 Å². The van der Waals surface area contributed by atoms with Crippen molar-refractivity contribution in [3.8, 4) is 0 Å². The molecule has 0 fully saturated rings. The number of alkyl halides is 3. The minimum Gasteiger partial charge on any atom is -0.465 e. The number of fused-ring (bicyclic) bond motifs is 3. The Kier molecular flexibility index (Phi) is 3.30. The normalized spacial score (nSPS) is 18.3. The summed E-state index contributed by atoms with van der Waals surface area (Å²) in [6.07, 6.45) is -5.59. The van der Waals surface area contributed by atoms with E-state index >= 15 is 0 Å². The number of carbonyl (C=O) groups is 2. The highest BCUT2D eigenvalue weighted by molar-refractivity contribution is 5.99. The van der Waals surface area contributed by atoms with Gasteiger partial charge in [0.25, 0.3) is 5.91 Å². The number of halogens is 3. The van der Waals surface area contributed by atoms with Gasteiger partial charge in [-0.1, -0.05) is 0 Å². The first-order chi connectivity index (χ1) is 10.7. The van der Waals surface area contributed by atoms with Crippen LogP contribution in [0.5, 0.6) is 0 Å². The van der Waals surface area contributed by atoms with Gasteiger partial charge in [-0.2, -0.15) is 23.4 Å². The Morgan fingerprint density at radius 3 is 2.61 bits per heavy atom. The molecule has 0 unspecified atom stereocenters. The van der Waals surface area contributed by atoms with Crippen LogP contribution in [0.3, 0.4) is 0 Å². The predicted molar refractivity (Wildman–Crippen MR) is 69.9 cm³/mol. The zero-order valence-electron chi connectivity index (χ0n) is 12.0. The molecule has 2 aliphatic rings. The minimum atomic E-state index is -4.68. The standard InChI is InChI=1S/C12H12F3N5O3/c1-18-10(21)9-6-4-19(11(22)23)3-2-7(6)16-20(9)5-8(17-18)12(13,14)15/h2-5H2,1H3,(H,22,23). The molecule has 2 amide bonds. The molecule has 0 saturated carbocycles. The Labute approximate surface area is 127 Å². The third kappa shape index (κ3) is 2.51. The summed E-state index contributed by atoms with van der Waals surface area (Å²) >= 11 is 0. The fraction of sp³-hybridized carbons (Fsp3) is 0.500. The van der Waals surface area contributed by atoms with Crippen molar-refractivity contribution in [1.29, 1.82) is 0 Å². The summed E-state index contributed by atoms with van der Waals surface area (Å²) in [6.45, 7) is -0.584. The molecule has 0 aliphatic carbocycles. The van der Waals surface area contributed by atoms with Crippen molar-refractivity contribution in [3.05, 3.63) is 17.0 Å². The molecule has 1 N–H and O–H groups in total. The summed E-state index contributed by atoms with van der Waals surface area (Å²) in [5.74, 6) is -0.745. The fourth-order valence-corrected chi connectivity index (χ4v) is 2.64. The van der Waals surface area contributed by atoms with E-state index in [4.69, 9.17) is 5.11 Å². The van der Waals surface area contributed by atoms with E-state index < -0.39 is 30.4 Å². The topological polar surface area (TPSA) is 91.0 Å². The van der Waals surface area contributed by atoms with E-state index in [1.54, 1.807) is 0 Å². The Hall–Kier alpha value is -2.59. The highest BCUT2D eigenvalue weighted by Gasteiger charge is 2.41. The largest absolute Gasteiger partial charge is 0.465 e. The molecule has 11 heteroatoms. The number of hydrogen-bond donors (Lipinski definition) is 1. The maximum atomic E-state index is 13.0. The van der Waals surface area contributed by atoms with Crippen LogP contribution in [0.1, 0.15) is 21.7 Å². The molecule has 23 heavy (non-hydrogen) atoms. The molecule has 0 atom stereocenters. The zero-order chi connectivity index (χ0) is 16.9. The molecule has 0 radical (unpaired) electrons. The van der Waals surface area contributed by atoms with Crippen molar-refractivity contribution in [2.24, 2.45) is 5.10 Å². The van der Waals surface area contributed by atoms with E-state index in [0.29, 0.717) is 16.3 Å². The summed E-state index contributed by atoms with van der Waals surface area (Å²) in [7, 11) is 1.13. The Bertz CT molecular complexity index is 724. The zero-order valence-corrected chi connectivity index (χ0v) is 12.0. The lowest BCUT2D eigenvalue weighted by atomic mass is 10.1. The first kappa shape index (κ1) is 15.3. The molecule has 8 nitrogen and oxygen atoms in total. The fourth-order valence-electron chi connectivity index (χ4n) is 2.64. The molecule has 1 aromatic heterocycles. The molecular formula is C12H12F3N5O3. The van der Waals surface area contributed by atoms with Gasteiger partial charge in [-0.15, -0.1) is 0 Å². The van der Waals surface area contributed by atoms with E-state index in [2.05, 4.69) is 10.2 Å². The van der Waals surface area contributed by atoms with E-state index in [1.807, 2.05) is 0 Å². The first-order valence-electron chi connectivity index (χ1n) is 6.67. The number of nitrogens with zero attached hydrogens (tertiary/aromatic N) is 5. The van der Waals surface area contributed by atoms with Crippen LogP contribution >= 0.6 is 0 Å². The maximum Gasteiger partial charge on any atom is 0.433 e. The van der Waals surface area contributed by atoms with Gasteiger partial charge < -0.3 is 10.0 Å². The van der Waals surface area contributed by atoms with Gasteiger partial charge in [0.2, 0.25) is 0 Å². The van der Waals surface area contributed by atoms with Gasteiger partial charge in [0.1, 0.15) is 5.69 Å². The van der Waals surface area contributed by atoms with Crippen LogP contribution in [0.15, 0.2) is 5.10 Å². The van der Waals surface area contributed by atoms with Crippen LogP contribution in [0.4, 0.5) is 18.0 Å². The number of hydrazone groups is 1. The molecular weight excluding hydrogens is 319 g/mol. The van der Waals surface area contributed by atoms with Gasteiger partial charge in [-0.3, -0.25) is 9.48 Å². The molecule has 2 aliphatic heterocycles. The molecule has 0 aromatic carbocycles. The van der Waals surface area contributed by atoms with Crippen LogP contribution in [0, 0.1) is 0 Å². The molecule has 124 valence electrons. The minimum absolute atomic E-state index is 0.0450. The Balaban J connectivity index is 2.07. The number of carbonyl (C=O) groups excluding carboxylic acids is 1. The third-order valence-corrected chi connectivity index (χ3v) is 3.77. The van der Waals surface area contributed by atoms with Crippen LogP contribution < -0.4 is 0 Å². The van der Waals surface area contributed by atoms with Crippen molar-refractivity contribution in [3.63, 3.8) is 0 Å². The van der Waals surface area contributed by atoms with Crippen LogP contribution in [-0.2, 0) is 19.5 Å². The summed E-state index contributed by atoms with van der Waals surface area (Å²) < 4.78 is 39.9. The molecule has 0 saturated heterocycles. The second-order valence-electron chi connectivity index (χ2n) is 5.26. The smallest absolute Gasteiger partial charge is 0.433 e. The lowest BCUT2D eigenvalue weighted by Gasteiger charge is -2.24.